The van der Waals surface area contributed by atoms with Crippen LogP contribution in [0.1, 0.15) is 15.9 Å². The largest absolute Gasteiger partial charge is 0.271 e. The third kappa shape index (κ3) is 4.25. The van der Waals surface area contributed by atoms with Crippen molar-refractivity contribution in [2.75, 3.05) is 0 Å². The molecule has 0 atom stereocenters. The zero-order valence-corrected chi connectivity index (χ0v) is 13.9. The summed E-state index contributed by atoms with van der Waals surface area (Å²) >= 11 is 8.06. The zero-order valence-electron chi connectivity index (χ0n) is 11.0. The highest BCUT2D eigenvalue weighted by molar-refractivity contribution is 14.1. The zero-order chi connectivity index (χ0) is 16.1. The van der Waals surface area contributed by atoms with Crippen molar-refractivity contribution in [2.45, 2.75) is 0 Å². The minimum Gasteiger partial charge on any atom is -0.267 e. The molecule has 0 saturated carbocycles. The highest BCUT2D eigenvalue weighted by Gasteiger charge is 2.08. The molecule has 0 aliphatic rings. The first-order valence-corrected chi connectivity index (χ1v) is 7.46. The fourth-order valence-corrected chi connectivity index (χ4v) is 2.10. The molecule has 0 bridgehead atoms. The fraction of sp³-hybridized carbons (Fsp3) is 0. The number of carbonyl (C=O) groups is 1. The molecule has 8 heteroatoms. The number of nitro benzene ring substituents is 1. The van der Waals surface area contributed by atoms with E-state index in [1.54, 1.807) is 24.3 Å². The molecule has 0 aliphatic carbocycles. The lowest BCUT2D eigenvalue weighted by atomic mass is 10.2. The van der Waals surface area contributed by atoms with Gasteiger partial charge in [-0.1, -0.05) is 11.6 Å². The minimum absolute atomic E-state index is 0.102. The first-order valence-electron chi connectivity index (χ1n) is 6.00. The van der Waals surface area contributed by atoms with Gasteiger partial charge < -0.3 is 0 Å². The molecule has 112 valence electrons. The summed E-state index contributed by atoms with van der Waals surface area (Å²) in [6, 6.07) is 10.9. The molecule has 0 aliphatic heterocycles. The monoisotopic (exact) mass is 429 g/mol. The Labute approximate surface area is 144 Å². The molecular weight excluding hydrogens is 421 g/mol. The average Bonchev–Trinajstić information content (AvgIpc) is 2.49. The number of carbonyl (C=O) groups excluding carboxylic acids is 1. The fourth-order valence-electron chi connectivity index (χ4n) is 1.57. The van der Waals surface area contributed by atoms with E-state index in [1.807, 2.05) is 0 Å². The van der Waals surface area contributed by atoms with Crippen molar-refractivity contribution >= 4 is 52.0 Å². The second-order valence-corrected chi connectivity index (χ2v) is 5.82. The normalized spacial score (nSPS) is 10.6. The highest BCUT2D eigenvalue weighted by atomic mass is 127. The predicted octanol–water partition coefficient (Wildman–Crippen LogP) is 3.62. The van der Waals surface area contributed by atoms with Gasteiger partial charge in [-0.05, 0) is 52.9 Å². The van der Waals surface area contributed by atoms with Crippen LogP contribution in [0.25, 0.3) is 0 Å². The average molecular weight is 430 g/mol. The van der Waals surface area contributed by atoms with Crippen LogP contribution in [0, 0.1) is 13.7 Å². The number of benzene rings is 2. The van der Waals surface area contributed by atoms with Crippen LogP contribution in [0.5, 0.6) is 0 Å². The number of hydrazone groups is 1. The van der Waals surface area contributed by atoms with Crippen LogP contribution in [-0.2, 0) is 0 Å². The molecule has 2 aromatic rings. The molecule has 22 heavy (non-hydrogen) atoms. The number of nitrogens with zero attached hydrogens (tertiary/aromatic N) is 2. The number of amides is 1. The summed E-state index contributed by atoms with van der Waals surface area (Å²) in [5.41, 5.74) is 3.05. The van der Waals surface area contributed by atoms with Gasteiger partial charge in [0.2, 0.25) is 0 Å². The van der Waals surface area contributed by atoms with E-state index in [4.69, 9.17) is 11.6 Å². The van der Waals surface area contributed by atoms with E-state index in [1.165, 1.54) is 24.4 Å². The van der Waals surface area contributed by atoms with Crippen molar-refractivity contribution in [1.82, 2.24) is 5.43 Å². The summed E-state index contributed by atoms with van der Waals surface area (Å²) < 4.78 is 1.01. The third-order valence-corrected chi connectivity index (χ3v) is 3.73. The van der Waals surface area contributed by atoms with Crippen LogP contribution in [0.4, 0.5) is 5.69 Å². The quantitative estimate of drug-likeness (QED) is 0.349. The maximum Gasteiger partial charge on any atom is 0.271 e. The van der Waals surface area contributed by atoms with E-state index >= 15 is 0 Å². The van der Waals surface area contributed by atoms with E-state index in [0.29, 0.717) is 16.1 Å². The number of nitro groups is 1. The molecule has 0 spiro atoms. The van der Waals surface area contributed by atoms with Crippen molar-refractivity contribution in [3.8, 4) is 0 Å². The van der Waals surface area contributed by atoms with Crippen LogP contribution in [0.3, 0.4) is 0 Å². The second kappa shape index (κ2) is 7.32. The Kier molecular flexibility index (Phi) is 5.45. The molecule has 2 aromatic carbocycles. The van der Waals surface area contributed by atoms with Crippen molar-refractivity contribution < 1.29 is 9.72 Å². The molecule has 2 rings (SSSR count). The standard InChI is InChI=1S/C14H9ClIN3O3/c15-13-6-5-12(19(21)22)7-10(13)8-17-18-14(20)9-1-3-11(16)4-2-9/h1-8H,(H,18,20)/b17-8-. The predicted molar refractivity (Wildman–Crippen MR) is 92.3 cm³/mol. The van der Waals surface area contributed by atoms with E-state index in [9.17, 15) is 14.9 Å². The van der Waals surface area contributed by atoms with Crippen LogP contribution >= 0.6 is 34.2 Å². The first-order chi connectivity index (χ1) is 10.5. The molecule has 0 unspecified atom stereocenters. The maximum atomic E-state index is 11.8. The third-order valence-electron chi connectivity index (χ3n) is 2.67. The minimum atomic E-state index is -0.530. The highest BCUT2D eigenvalue weighted by Crippen LogP contribution is 2.20. The lowest BCUT2D eigenvalue weighted by molar-refractivity contribution is -0.384. The van der Waals surface area contributed by atoms with Gasteiger partial charge in [-0.25, -0.2) is 5.43 Å². The van der Waals surface area contributed by atoms with Crippen molar-refractivity contribution in [3.63, 3.8) is 0 Å². The van der Waals surface area contributed by atoms with E-state index in [-0.39, 0.29) is 11.6 Å². The van der Waals surface area contributed by atoms with Gasteiger partial charge in [-0.2, -0.15) is 5.10 Å². The van der Waals surface area contributed by atoms with Crippen LogP contribution < -0.4 is 5.43 Å². The van der Waals surface area contributed by atoms with Gasteiger partial charge in [0.15, 0.2) is 0 Å². The van der Waals surface area contributed by atoms with E-state index in [0.717, 1.165) is 3.57 Å². The van der Waals surface area contributed by atoms with Gasteiger partial charge in [0.25, 0.3) is 11.6 Å². The van der Waals surface area contributed by atoms with Crippen LogP contribution in [-0.4, -0.2) is 17.0 Å². The van der Waals surface area contributed by atoms with Gasteiger partial charge in [0.05, 0.1) is 11.1 Å². The lowest BCUT2D eigenvalue weighted by Gasteiger charge is -2.01. The number of hydrogen-bond acceptors (Lipinski definition) is 4. The van der Waals surface area contributed by atoms with Gasteiger partial charge in [0.1, 0.15) is 0 Å². The number of hydrogen-bond donors (Lipinski definition) is 1. The Balaban J connectivity index is 2.09. The Hall–Kier alpha value is -2.00. The van der Waals surface area contributed by atoms with E-state index < -0.39 is 4.92 Å². The van der Waals surface area contributed by atoms with Gasteiger partial charge >= 0.3 is 0 Å². The van der Waals surface area contributed by atoms with Crippen molar-refractivity contribution in [2.24, 2.45) is 5.10 Å². The molecule has 0 aromatic heterocycles. The number of non-ortho nitro benzene ring substituents is 1. The smallest absolute Gasteiger partial charge is 0.267 e. The number of nitrogens with one attached hydrogen (secondary N) is 1. The summed E-state index contributed by atoms with van der Waals surface area (Å²) in [5.74, 6) is -0.380. The summed E-state index contributed by atoms with van der Waals surface area (Å²) in [6.45, 7) is 0. The molecular formula is C14H9ClIN3O3. The lowest BCUT2D eigenvalue weighted by Crippen LogP contribution is -2.17. The van der Waals surface area contributed by atoms with Gasteiger partial charge in [-0.15, -0.1) is 0 Å². The first kappa shape index (κ1) is 16.4. The molecule has 0 fully saturated rings. The molecule has 6 nitrogen and oxygen atoms in total. The number of halogens is 2. The summed E-state index contributed by atoms with van der Waals surface area (Å²) in [5, 5.41) is 14.8. The number of rotatable bonds is 4. The Morgan fingerprint density at radius 1 is 1.27 bits per heavy atom. The van der Waals surface area contributed by atoms with Crippen molar-refractivity contribution in [1.29, 1.82) is 0 Å². The molecule has 1 N–H and O–H groups in total. The second-order valence-electron chi connectivity index (χ2n) is 4.17. The molecule has 0 heterocycles. The topological polar surface area (TPSA) is 84.6 Å². The molecule has 0 radical (unpaired) electrons. The summed E-state index contributed by atoms with van der Waals surface area (Å²) in [6.07, 6.45) is 1.26. The van der Waals surface area contributed by atoms with Gasteiger partial charge in [-0.3, -0.25) is 14.9 Å². The van der Waals surface area contributed by atoms with Gasteiger partial charge in [0, 0.05) is 31.9 Å². The van der Waals surface area contributed by atoms with E-state index in [2.05, 4.69) is 33.1 Å². The summed E-state index contributed by atoms with van der Waals surface area (Å²) in [7, 11) is 0. The Bertz CT molecular complexity index is 747. The summed E-state index contributed by atoms with van der Waals surface area (Å²) in [4.78, 5) is 22.0. The van der Waals surface area contributed by atoms with Crippen LogP contribution in [0.15, 0.2) is 47.6 Å². The Morgan fingerprint density at radius 2 is 1.95 bits per heavy atom. The van der Waals surface area contributed by atoms with Crippen molar-refractivity contribution in [3.05, 3.63) is 72.3 Å². The SMILES string of the molecule is O=C(N/N=C\c1cc([N+](=O)[O-])ccc1Cl)c1ccc(I)cc1. The molecule has 0 saturated heterocycles. The molecule has 1 amide bonds. The maximum absolute atomic E-state index is 11.8. The Morgan fingerprint density at radius 3 is 2.59 bits per heavy atom. The van der Waals surface area contributed by atoms with Crippen LogP contribution in [0.2, 0.25) is 5.02 Å².